The molecule has 0 saturated heterocycles. The van der Waals surface area contributed by atoms with Crippen molar-refractivity contribution in [3.63, 3.8) is 0 Å². The van der Waals surface area contributed by atoms with Crippen LogP contribution in [-0.4, -0.2) is 0 Å². The molecule has 8 aromatic carbocycles. The summed E-state index contributed by atoms with van der Waals surface area (Å²) in [5, 5.41) is 0. The van der Waals surface area contributed by atoms with Crippen molar-refractivity contribution < 1.29 is 0 Å². The Morgan fingerprint density at radius 3 is 1.78 bits per heavy atom. The van der Waals surface area contributed by atoms with Crippen LogP contribution in [0.4, 0.5) is 0 Å². The van der Waals surface area contributed by atoms with Crippen LogP contribution in [-0.2, 0) is 17.3 Å². The molecule has 0 nitrogen and oxygen atoms in total. The first-order valence-electron chi connectivity index (χ1n) is 23.1. The molecule has 0 heterocycles. The highest BCUT2D eigenvalue weighted by Gasteiger charge is 2.52. The molecule has 0 amide bonds. The van der Waals surface area contributed by atoms with Gasteiger partial charge in [-0.2, -0.15) is 0 Å². The average molecular weight is 809 g/mol. The van der Waals surface area contributed by atoms with Gasteiger partial charge in [-0.25, -0.2) is 0 Å². The van der Waals surface area contributed by atoms with Crippen molar-refractivity contribution in [2.24, 2.45) is 0 Å². The fraction of sp³-hybridized carbons (Fsp3) is 0.175. The number of allylic oxidation sites excluding steroid dienone is 4. The zero-order chi connectivity index (χ0) is 42.5. The van der Waals surface area contributed by atoms with Gasteiger partial charge in [0, 0.05) is 11.3 Å². The third-order valence-electron chi connectivity index (χ3n) is 15.4. The smallest absolute Gasteiger partial charge is 0.0722 e. The number of rotatable bonds is 7. The topological polar surface area (TPSA) is 0 Å². The molecule has 0 N–H and O–H groups in total. The Morgan fingerprint density at radius 2 is 1.03 bits per heavy atom. The Kier molecular flexibility index (Phi) is 8.68. The SMILES string of the molecule is Cc1ccccc1-c1ccc(C(CCc2ccc(-c3ccc4c(c3)-c3ccccc3C4(C)C)cc2)c2ccc3c(c2)C2(C4=C(CCC=C4)c4ccccc42)c2ccccc2-3)cc1C. The van der Waals surface area contributed by atoms with Crippen molar-refractivity contribution in [3.05, 3.63) is 255 Å². The van der Waals surface area contributed by atoms with E-state index in [2.05, 4.69) is 216 Å². The van der Waals surface area contributed by atoms with Crippen LogP contribution >= 0.6 is 0 Å². The Hall–Kier alpha value is -6.76. The van der Waals surface area contributed by atoms with Gasteiger partial charge in [-0.15, -0.1) is 0 Å². The summed E-state index contributed by atoms with van der Waals surface area (Å²) < 4.78 is 0. The third-order valence-corrected chi connectivity index (χ3v) is 15.4. The van der Waals surface area contributed by atoms with Crippen LogP contribution in [0.2, 0.25) is 0 Å². The number of hydrogen-bond acceptors (Lipinski definition) is 0. The van der Waals surface area contributed by atoms with Gasteiger partial charge in [0.25, 0.3) is 0 Å². The minimum Gasteiger partial charge on any atom is -0.0839 e. The van der Waals surface area contributed by atoms with E-state index in [9.17, 15) is 0 Å². The Balaban J connectivity index is 0.940. The molecule has 0 aromatic heterocycles. The predicted octanol–water partition coefficient (Wildman–Crippen LogP) is 16.1. The van der Waals surface area contributed by atoms with Crippen LogP contribution in [0.25, 0.3) is 50.1 Å². The van der Waals surface area contributed by atoms with Gasteiger partial charge >= 0.3 is 0 Å². The lowest BCUT2D eigenvalue weighted by Gasteiger charge is -2.33. The molecule has 0 bridgehead atoms. The lowest BCUT2D eigenvalue weighted by Crippen LogP contribution is -2.27. The van der Waals surface area contributed by atoms with Crippen molar-refractivity contribution in [2.45, 2.75) is 70.1 Å². The number of hydrogen-bond donors (Lipinski definition) is 0. The first kappa shape index (κ1) is 38.0. The summed E-state index contributed by atoms with van der Waals surface area (Å²) in [6.45, 7) is 9.23. The molecular weight excluding hydrogens is 757 g/mol. The Bertz CT molecular complexity index is 3220. The van der Waals surface area contributed by atoms with Gasteiger partial charge in [0.2, 0.25) is 0 Å². The van der Waals surface area contributed by atoms with Gasteiger partial charge in [0.05, 0.1) is 5.41 Å². The summed E-state index contributed by atoms with van der Waals surface area (Å²) in [4.78, 5) is 0. The van der Waals surface area contributed by atoms with E-state index in [1.807, 2.05) is 0 Å². The highest BCUT2D eigenvalue weighted by atomic mass is 14.5. The normalized spacial score (nSPS) is 17.5. The van der Waals surface area contributed by atoms with Crippen LogP contribution in [0.5, 0.6) is 0 Å². The summed E-state index contributed by atoms with van der Waals surface area (Å²) >= 11 is 0. The van der Waals surface area contributed by atoms with Crippen LogP contribution in [0.3, 0.4) is 0 Å². The monoisotopic (exact) mass is 808 g/mol. The molecule has 8 aromatic rings. The molecule has 304 valence electrons. The minimum atomic E-state index is -0.314. The molecule has 63 heavy (non-hydrogen) atoms. The molecular formula is C63H52. The van der Waals surface area contributed by atoms with E-state index in [0.717, 1.165) is 25.7 Å². The standard InChI is InChI=1S/C63H52/c1-40-15-5-6-16-47(40)48-34-30-45(37-41(48)2)49(33-27-42-25-28-43(29-26-42)44-32-36-57-55(38-44)53-20-7-11-21-56(53)62(57,3)4)46-31-35-54-52-19-10-14-24-60(52)63(61(54)39-46)58-22-12-8-17-50(58)51-18-9-13-23-59(51)63/h5-8,10-17,19-26,28-32,34-39,49H,9,18,27,33H2,1-4H3. The summed E-state index contributed by atoms with van der Waals surface area (Å²) in [5.74, 6) is 0.215. The highest BCUT2D eigenvalue weighted by Crippen LogP contribution is 2.63. The summed E-state index contributed by atoms with van der Waals surface area (Å²) in [6, 6.07) is 67.6. The Morgan fingerprint density at radius 1 is 0.460 bits per heavy atom. The van der Waals surface area contributed by atoms with E-state index in [4.69, 9.17) is 0 Å². The third kappa shape index (κ3) is 5.67. The van der Waals surface area contributed by atoms with Gasteiger partial charge < -0.3 is 0 Å². The number of benzene rings is 8. The second-order valence-corrected chi connectivity index (χ2v) is 19.1. The van der Waals surface area contributed by atoms with Gasteiger partial charge in [0.15, 0.2) is 0 Å². The maximum atomic E-state index is 2.62. The summed E-state index contributed by atoms with van der Waals surface area (Å²) in [7, 11) is 0. The second kappa shape index (κ2) is 14.4. The van der Waals surface area contributed by atoms with Crippen molar-refractivity contribution >= 4 is 5.57 Å². The van der Waals surface area contributed by atoms with Gasteiger partial charge in [-0.05, 0) is 162 Å². The molecule has 0 saturated carbocycles. The van der Waals surface area contributed by atoms with Gasteiger partial charge in [0.1, 0.15) is 0 Å². The van der Waals surface area contributed by atoms with Gasteiger partial charge in [-0.3, -0.25) is 0 Å². The van der Waals surface area contributed by atoms with Crippen molar-refractivity contribution in [1.82, 2.24) is 0 Å². The molecule has 1 spiro atoms. The molecule has 4 aliphatic carbocycles. The van der Waals surface area contributed by atoms with E-state index in [-0.39, 0.29) is 16.7 Å². The number of aryl methyl sites for hydroxylation is 3. The first-order chi connectivity index (χ1) is 30.8. The molecule has 2 atom stereocenters. The zero-order valence-electron chi connectivity index (χ0n) is 36.8. The van der Waals surface area contributed by atoms with E-state index < -0.39 is 0 Å². The van der Waals surface area contributed by atoms with E-state index in [1.54, 1.807) is 0 Å². The van der Waals surface area contributed by atoms with Crippen LogP contribution in [0, 0.1) is 13.8 Å². The molecule has 0 aliphatic heterocycles. The lowest BCUT2D eigenvalue weighted by atomic mass is 9.68. The lowest BCUT2D eigenvalue weighted by molar-refractivity contribution is 0.660. The molecule has 12 rings (SSSR count). The van der Waals surface area contributed by atoms with Crippen molar-refractivity contribution in [2.75, 3.05) is 0 Å². The van der Waals surface area contributed by atoms with Crippen molar-refractivity contribution in [3.8, 4) is 44.5 Å². The predicted molar refractivity (Wildman–Crippen MR) is 264 cm³/mol. The summed E-state index contributed by atoms with van der Waals surface area (Å²) in [5.41, 5.74) is 28.7. The van der Waals surface area contributed by atoms with Crippen molar-refractivity contribution in [1.29, 1.82) is 0 Å². The number of fused-ring (bicyclic) bond motifs is 12. The van der Waals surface area contributed by atoms with Gasteiger partial charge in [-0.1, -0.05) is 196 Å². The first-order valence-corrected chi connectivity index (χ1v) is 23.1. The molecule has 0 fully saturated rings. The second-order valence-electron chi connectivity index (χ2n) is 19.1. The maximum Gasteiger partial charge on any atom is 0.0722 e. The summed E-state index contributed by atoms with van der Waals surface area (Å²) in [6.07, 6.45) is 9.06. The van der Waals surface area contributed by atoms with Crippen LogP contribution < -0.4 is 0 Å². The Labute approximate surface area is 373 Å². The zero-order valence-corrected chi connectivity index (χ0v) is 36.8. The molecule has 0 heteroatoms. The maximum absolute atomic E-state index is 2.62. The quantitative estimate of drug-likeness (QED) is 0.150. The molecule has 0 radical (unpaired) electrons. The average Bonchev–Trinajstić information content (AvgIpc) is 3.88. The minimum absolute atomic E-state index is 0.0162. The van der Waals surface area contributed by atoms with Crippen LogP contribution in [0.15, 0.2) is 194 Å². The highest BCUT2D eigenvalue weighted by molar-refractivity contribution is 5.96. The van der Waals surface area contributed by atoms with E-state index in [0.29, 0.717) is 0 Å². The van der Waals surface area contributed by atoms with E-state index >= 15 is 0 Å². The van der Waals surface area contributed by atoms with Crippen LogP contribution in [0.1, 0.15) is 100 Å². The molecule has 4 aliphatic rings. The fourth-order valence-electron chi connectivity index (χ4n) is 12.3. The largest absolute Gasteiger partial charge is 0.0839 e. The molecule has 2 unspecified atom stereocenters. The fourth-order valence-corrected chi connectivity index (χ4v) is 12.3. The van der Waals surface area contributed by atoms with E-state index in [1.165, 1.54) is 117 Å².